The van der Waals surface area contributed by atoms with E-state index in [0.29, 0.717) is 0 Å². The minimum Gasteiger partial charge on any atom is -0.0776 e. The second kappa shape index (κ2) is 10.8. The van der Waals surface area contributed by atoms with Crippen LogP contribution in [0, 0.1) is 175 Å². The van der Waals surface area contributed by atoms with Gasteiger partial charge in [0.05, 0.1) is 0 Å². The van der Waals surface area contributed by atoms with Gasteiger partial charge in [0, 0.05) is 0 Å². The van der Waals surface area contributed by atoms with Gasteiger partial charge < -0.3 is 0 Å². The van der Waals surface area contributed by atoms with Gasteiger partial charge in [0.1, 0.15) is 0 Å². The summed E-state index contributed by atoms with van der Waals surface area (Å²) in [6.45, 7) is 0. The van der Waals surface area contributed by atoms with E-state index in [1.54, 1.807) is 25.7 Å². The Balaban J connectivity index is -0.000000125. The maximum atomic E-state index is 1.83. The van der Waals surface area contributed by atoms with Crippen molar-refractivity contribution in [1.29, 1.82) is 0 Å². The van der Waals surface area contributed by atoms with E-state index in [0.717, 1.165) is 32.5 Å². The second-order valence-corrected chi connectivity index (χ2v) is 20.7. The van der Waals surface area contributed by atoms with Crippen LogP contribution in [0.5, 0.6) is 0 Å². The fourth-order valence-corrected chi connectivity index (χ4v) is 27.5. The molecule has 0 saturated heterocycles. The van der Waals surface area contributed by atoms with Gasteiger partial charge in [-0.1, -0.05) is 104 Å². The van der Waals surface area contributed by atoms with Crippen molar-refractivity contribution in [2.24, 2.45) is 175 Å². The van der Waals surface area contributed by atoms with Crippen molar-refractivity contribution >= 4 is 0 Å². The Bertz CT molecular complexity index is 1590. The van der Waals surface area contributed by atoms with Crippen LogP contribution in [0.2, 0.25) is 0 Å². The van der Waals surface area contributed by atoms with Crippen LogP contribution in [0.3, 0.4) is 0 Å². The summed E-state index contributed by atoms with van der Waals surface area (Å²) in [5.74, 6) is 32.0. The van der Waals surface area contributed by atoms with Crippen LogP contribution in [0.4, 0.5) is 0 Å². The maximum absolute atomic E-state index is 1.83. The van der Waals surface area contributed by atoms with E-state index >= 15 is 0 Å². The van der Waals surface area contributed by atoms with E-state index in [4.69, 9.17) is 0 Å². The summed E-state index contributed by atoms with van der Waals surface area (Å²) in [4.78, 5) is 0. The molecular weight excluding hydrogens is 4210 g/mol. The molecule has 19 fully saturated rings. The molecule has 0 amide bonds. The van der Waals surface area contributed by atoms with Crippen molar-refractivity contribution < 1.29 is 0 Å². The standard InChI is InChI=1S/C35H34.14CH4.14No/c1-2-30-5-10-19-24-18-9-4-6-3-7-16(6)31(9)17(7)12-21-14-23-15-22-13-20-11(8(1)30)25(30)32(10,20)27(13)34(19,22)29(15)35(23,24)28(14)33(18,21)26(12)31;;;;;;;;;;;;;;;;;;;;;;;;;;;;/h6-29H,1-5H2;14*1H4;;;;;;;;;;;;;;. The molecule has 30 atom stereocenters. The van der Waals surface area contributed by atoms with Gasteiger partial charge in [-0.2, -0.15) is 0 Å². The van der Waals surface area contributed by atoms with Crippen LogP contribution in [-0.2, 0) is 0 Å². The second-order valence-electron chi connectivity index (χ2n) is 20.7. The summed E-state index contributed by atoms with van der Waals surface area (Å²) in [7, 11) is 0. The maximum Gasteiger partial charge on any atom is 0 e. The van der Waals surface area contributed by atoms with E-state index in [1.165, 1.54) is 142 Å². The first-order valence-electron chi connectivity index (χ1n) is 17.3. The van der Waals surface area contributed by atoms with Gasteiger partial charge in [-0.05, 0) is 207 Å². The van der Waals surface area contributed by atoms with Gasteiger partial charge in [0.2, 0.25) is 0 Å². The minimum absolute atomic E-state index is 0. The predicted octanol–water partition coefficient (Wildman–Crippen LogP) is 13.8. The Morgan fingerprint density at radius 1 is 0.270 bits per heavy atom. The molecule has 19 rings (SSSR count). The molecule has 19 aliphatic rings. The van der Waals surface area contributed by atoms with Gasteiger partial charge in [0.15, 0.2) is 0 Å². The SMILES string of the molecule is C.C.C.C.C.C.C.C.C.C.C.C.C.C.C1C2CC3C4C5C6C7CC89CCC8C8C%10C%11C%12C%13C%14C%15C%16C%17C%18C1C2C3%18C%17C%164C%15C%145C%13C%126C%11C7%10C89.[No].[No].[No].[No].[No].[No].[No].[No].[No].[No].[No].[No].[No].[No]. The normalized spacial score (nSPS) is 61.3. The summed E-state index contributed by atoms with van der Waals surface area (Å²) in [5.41, 5.74) is 6.17. The summed E-state index contributed by atoms with van der Waals surface area (Å²) >= 11 is 0. The summed E-state index contributed by atoms with van der Waals surface area (Å²) in [5, 5.41) is 0. The molecule has 19 saturated carbocycles. The molecule has 0 radical (unpaired) electrons. The Hall–Kier alpha value is -14.0. The third-order valence-electron chi connectivity index (χ3n) is 24.5. The molecule has 0 aromatic carbocycles. The first kappa shape index (κ1) is 74.2. The largest absolute Gasteiger partial charge is 0.0776 e. The first-order valence-corrected chi connectivity index (χ1v) is 17.3. The van der Waals surface area contributed by atoms with E-state index in [2.05, 4.69) is 0 Å². The number of hydrogen-bond acceptors (Lipinski definition) is 0. The van der Waals surface area contributed by atoms with Crippen molar-refractivity contribution in [1.82, 2.24) is 0 Å². The van der Waals surface area contributed by atoms with Crippen LogP contribution < -0.4 is 0 Å². The summed E-state index contributed by atoms with van der Waals surface area (Å²) in [6.07, 6.45) is 8.78. The van der Waals surface area contributed by atoms with Gasteiger partial charge in [-0.3, -0.25) is 0 Å². The van der Waals surface area contributed by atoms with Crippen LogP contribution in [-0.4, -0.2) is 0 Å². The number of rotatable bonds is 0. The Morgan fingerprint density at radius 2 is 0.635 bits per heavy atom. The van der Waals surface area contributed by atoms with E-state index in [1.807, 2.05) is 6.42 Å². The van der Waals surface area contributed by atoms with Crippen LogP contribution >= 0.6 is 0 Å². The Morgan fingerprint density at radius 3 is 1.06 bits per heavy atom. The van der Waals surface area contributed by atoms with Gasteiger partial charge >= 0.3 is 0 Å². The van der Waals surface area contributed by atoms with Crippen LogP contribution in [0.25, 0.3) is 0 Å². The fraction of sp³-hybridized carbons (Fsp3) is 1.00. The zero-order chi connectivity index (χ0) is 20.4. The molecule has 0 aliphatic heterocycles. The molecule has 6 spiro atoms. The van der Waals surface area contributed by atoms with Gasteiger partial charge in [0.25, 0.3) is 0 Å². The fourth-order valence-electron chi connectivity index (χ4n) is 27.5. The van der Waals surface area contributed by atoms with Crippen molar-refractivity contribution in [3.8, 4) is 0 Å². The molecule has 63 heavy (non-hydrogen) atoms. The molecule has 0 bridgehead atoms. The smallest absolute Gasteiger partial charge is 0 e. The molecule has 14 heteroatoms. The summed E-state index contributed by atoms with van der Waals surface area (Å²) < 4.78 is 0. The number of fused-ring (bicyclic) bond motifs is 15. The molecular formula is C49H90No14. The van der Waals surface area contributed by atoms with E-state index in [9.17, 15) is 0 Å². The third-order valence-corrected chi connectivity index (χ3v) is 24.5. The van der Waals surface area contributed by atoms with Crippen molar-refractivity contribution in [3.05, 3.63) is 0 Å². The van der Waals surface area contributed by atoms with E-state index < -0.39 is 0 Å². The monoisotopic (exact) mass is 4310 g/mol. The van der Waals surface area contributed by atoms with Crippen molar-refractivity contribution in [3.63, 3.8) is 0 Å². The molecule has 0 nitrogen and oxygen atoms in total. The molecule has 0 N–H and O–H groups in total. The molecule has 482 valence electrons. The molecule has 0 heterocycles. The topological polar surface area (TPSA) is 0 Å². The Kier molecular flexibility index (Phi) is 12.7. The third kappa shape index (κ3) is 2.01. The quantitative estimate of drug-likeness (QED) is 0.227. The predicted molar refractivity (Wildman–Crippen MR) is 216 cm³/mol. The first-order chi connectivity index (χ1) is 17.3. The zero-order valence-corrected chi connectivity index (χ0v) is 55.3. The van der Waals surface area contributed by atoms with E-state index in [-0.39, 0.29) is 104 Å². The van der Waals surface area contributed by atoms with Gasteiger partial charge in [-0.15, -0.1) is 0 Å². The molecule has 30 unspecified atom stereocenters. The number of hydrogen-bond donors (Lipinski definition) is 0. The average molecular weight is 4310 g/mol. The van der Waals surface area contributed by atoms with Crippen molar-refractivity contribution in [2.75, 3.05) is 0 Å². The Labute approximate surface area is 309 Å². The van der Waals surface area contributed by atoms with Gasteiger partial charge in [-0.25, -0.2) is 0 Å². The summed E-state index contributed by atoms with van der Waals surface area (Å²) in [6, 6.07) is 0. The zero-order valence-electron chi connectivity index (χ0n) is 24.1. The van der Waals surface area contributed by atoms with Crippen molar-refractivity contribution in [2.45, 2.75) is 136 Å². The van der Waals surface area contributed by atoms with Crippen LogP contribution in [0.1, 0.15) is 136 Å². The average Bonchev–Trinajstić information content (AvgIpc) is 3.40. The van der Waals surface area contributed by atoms with Crippen LogP contribution in [0.15, 0.2) is 0 Å². The minimum atomic E-state index is 0. The molecule has 0 aromatic heterocycles. The molecule has 0 aromatic rings. The molecule has 19 aliphatic carbocycles.